The summed E-state index contributed by atoms with van der Waals surface area (Å²) < 4.78 is 0. The Kier molecular flexibility index (Phi) is 9.76. The highest BCUT2D eigenvalue weighted by Crippen LogP contribution is 2.10. The van der Waals surface area contributed by atoms with Gasteiger partial charge in [-0.25, -0.2) is 0 Å². The van der Waals surface area contributed by atoms with Gasteiger partial charge in [-0.05, 0) is 69.4 Å². The van der Waals surface area contributed by atoms with Gasteiger partial charge in [0, 0.05) is 35.0 Å². The van der Waals surface area contributed by atoms with Crippen LogP contribution in [0.1, 0.15) is 35.3 Å². The van der Waals surface area contributed by atoms with Crippen LogP contribution in [0.15, 0.2) is 48.5 Å². The van der Waals surface area contributed by atoms with Crippen LogP contribution in [0.5, 0.6) is 0 Å². The maximum absolute atomic E-state index is 12.3. The lowest BCUT2D eigenvalue weighted by Crippen LogP contribution is -2.46. The van der Waals surface area contributed by atoms with E-state index in [0.717, 1.165) is 5.56 Å². The van der Waals surface area contributed by atoms with Gasteiger partial charge >= 0.3 is 0 Å². The summed E-state index contributed by atoms with van der Waals surface area (Å²) in [6.07, 6.45) is 0. The van der Waals surface area contributed by atoms with Crippen molar-refractivity contribution in [1.29, 1.82) is 0 Å². The first-order valence-corrected chi connectivity index (χ1v) is 10.6. The Balaban J connectivity index is 1.96. The number of aliphatic hydroxyl groups excluding tert-OH is 1. The van der Waals surface area contributed by atoms with Crippen LogP contribution >= 0.6 is 0 Å². The predicted molar refractivity (Wildman–Crippen MR) is 128 cm³/mol. The number of benzene rings is 2. The molecule has 0 aromatic heterocycles. The second kappa shape index (κ2) is 12.5. The molecule has 0 heterocycles. The lowest BCUT2D eigenvalue weighted by atomic mass is 10.1. The summed E-state index contributed by atoms with van der Waals surface area (Å²) >= 11 is 0. The summed E-state index contributed by atoms with van der Waals surface area (Å²) in [7, 11) is 1.90. The van der Waals surface area contributed by atoms with E-state index in [9.17, 15) is 14.4 Å². The number of amides is 2. The molecule has 2 amide bonds. The summed E-state index contributed by atoms with van der Waals surface area (Å²) in [6, 6.07) is 13.2. The number of Topliss-reactive ketones (excluding diaryl/α,β-unsaturated/α-hetero) is 1. The third kappa shape index (κ3) is 8.16. The SMILES string of the molecule is CC(C)N(C)CC(=O)Nc1ccc(C#Cc2ccc(C(=O)N[C@@H](CN)C(=O)CO)cc2)cc1. The number of carbonyl (C=O) groups excluding carboxylic acids is 3. The highest BCUT2D eigenvalue weighted by Gasteiger charge is 2.18. The molecule has 0 radical (unpaired) electrons. The van der Waals surface area contributed by atoms with Gasteiger partial charge in [-0.1, -0.05) is 11.8 Å². The number of nitrogens with one attached hydrogen (secondary N) is 2. The third-order valence-corrected chi connectivity index (χ3v) is 5.03. The van der Waals surface area contributed by atoms with E-state index in [2.05, 4.69) is 22.5 Å². The number of carbonyl (C=O) groups is 3. The number of rotatable bonds is 9. The molecule has 33 heavy (non-hydrogen) atoms. The second-order valence-corrected chi connectivity index (χ2v) is 7.85. The van der Waals surface area contributed by atoms with Crippen LogP contribution in [-0.4, -0.2) is 66.4 Å². The molecular formula is C25H30N4O4. The smallest absolute Gasteiger partial charge is 0.251 e. The molecule has 8 heteroatoms. The molecule has 2 aromatic rings. The van der Waals surface area contributed by atoms with Gasteiger partial charge in [0.05, 0.1) is 6.54 Å². The van der Waals surface area contributed by atoms with Gasteiger partial charge in [0.1, 0.15) is 12.6 Å². The largest absolute Gasteiger partial charge is 0.388 e. The van der Waals surface area contributed by atoms with E-state index in [1.165, 1.54) is 0 Å². The van der Waals surface area contributed by atoms with E-state index in [1.807, 2.05) is 37.9 Å². The molecule has 1 atom stereocenters. The Morgan fingerprint density at radius 1 is 1.00 bits per heavy atom. The van der Waals surface area contributed by atoms with Gasteiger partial charge in [0.25, 0.3) is 5.91 Å². The van der Waals surface area contributed by atoms with Crippen molar-refractivity contribution in [3.63, 3.8) is 0 Å². The zero-order chi connectivity index (χ0) is 24.4. The number of anilines is 1. The number of hydrogen-bond donors (Lipinski definition) is 4. The fourth-order valence-electron chi connectivity index (χ4n) is 2.72. The molecule has 0 fully saturated rings. The first-order chi connectivity index (χ1) is 15.7. The standard InChI is InChI=1S/C25H30N4O4/c1-17(2)29(3)15-24(32)27-21-12-8-19(9-13-21)5-4-18-6-10-20(11-7-18)25(33)28-22(14-26)23(31)16-30/h6-13,17,22,30H,14-16,26H2,1-3H3,(H,27,32)(H,28,33)/t22-/m0/s1. The summed E-state index contributed by atoms with van der Waals surface area (Å²) in [5, 5.41) is 14.3. The van der Waals surface area contributed by atoms with E-state index in [0.29, 0.717) is 23.4 Å². The van der Waals surface area contributed by atoms with E-state index in [4.69, 9.17) is 10.8 Å². The van der Waals surface area contributed by atoms with Crippen molar-refractivity contribution in [3.8, 4) is 11.8 Å². The molecule has 0 spiro atoms. The van der Waals surface area contributed by atoms with E-state index < -0.39 is 24.3 Å². The van der Waals surface area contributed by atoms with E-state index in [-0.39, 0.29) is 18.5 Å². The Labute approximate surface area is 194 Å². The molecule has 2 rings (SSSR count). The van der Waals surface area contributed by atoms with Gasteiger partial charge < -0.3 is 21.5 Å². The van der Waals surface area contributed by atoms with Crippen LogP contribution in [0.4, 0.5) is 5.69 Å². The molecule has 8 nitrogen and oxygen atoms in total. The number of hydrogen-bond acceptors (Lipinski definition) is 6. The Morgan fingerprint density at radius 2 is 1.55 bits per heavy atom. The zero-order valence-electron chi connectivity index (χ0n) is 19.1. The minimum atomic E-state index is -0.925. The summed E-state index contributed by atoms with van der Waals surface area (Å²) in [5.74, 6) is 4.99. The Hall–Kier alpha value is -3.51. The average molecular weight is 451 g/mol. The molecule has 0 saturated heterocycles. The van der Waals surface area contributed by atoms with Crippen molar-refractivity contribution in [1.82, 2.24) is 10.2 Å². The quantitative estimate of drug-likeness (QED) is 0.422. The molecule has 0 unspecified atom stereocenters. The third-order valence-electron chi connectivity index (χ3n) is 5.03. The van der Waals surface area contributed by atoms with Crippen LogP contribution in [-0.2, 0) is 9.59 Å². The summed E-state index contributed by atoms with van der Waals surface area (Å²) in [4.78, 5) is 37.8. The highest BCUT2D eigenvalue weighted by molar-refractivity contribution is 5.98. The summed E-state index contributed by atoms with van der Waals surface area (Å²) in [5.41, 5.74) is 8.02. The molecule has 174 valence electrons. The van der Waals surface area contributed by atoms with E-state index >= 15 is 0 Å². The van der Waals surface area contributed by atoms with Crippen LogP contribution in [0.3, 0.4) is 0 Å². The lowest BCUT2D eigenvalue weighted by molar-refractivity contribution is -0.123. The van der Waals surface area contributed by atoms with Gasteiger partial charge in [-0.2, -0.15) is 0 Å². The first kappa shape index (κ1) is 25.7. The molecule has 0 aliphatic carbocycles. The van der Waals surface area contributed by atoms with Crippen LogP contribution in [0.2, 0.25) is 0 Å². The average Bonchev–Trinajstić information content (AvgIpc) is 2.81. The normalized spacial score (nSPS) is 11.5. The van der Waals surface area contributed by atoms with Crippen molar-refractivity contribution in [2.24, 2.45) is 5.73 Å². The van der Waals surface area contributed by atoms with Gasteiger partial charge in [-0.15, -0.1) is 0 Å². The minimum Gasteiger partial charge on any atom is -0.388 e. The van der Waals surface area contributed by atoms with Crippen LogP contribution < -0.4 is 16.4 Å². The van der Waals surface area contributed by atoms with Crippen LogP contribution in [0.25, 0.3) is 0 Å². The number of nitrogens with two attached hydrogens (primary N) is 1. The maximum atomic E-state index is 12.3. The Bertz CT molecular complexity index is 1020. The number of aliphatic hydroxyl groups is 1. The fourth-order valence-corrected chi connectivity index (χ4v) is 2.72. The van der Waals surface area contributed by atoms with Crippen molar-refractivity contribution in [3.05, 3.63) is 65.2 Å². The van der Waals surface area contributed by atoms with Crippen LogP contribution in [0, 0.1) is 11.8 Å². The number of ketones is 1. The van der Waals surface area contributed by atoms with E-state index in [1.54, 1.807) is 36.4 Å². The van der Waals surface area contributed by atoms with Crippen molar-refractivity contribution in [2.75, 3.05) is 32.1 Å². The molecule has 0 bridgehead atoms. The fraction of sp³-hybridized carbons (Fsp3) is 0.320. The van der Waals surface area contributed by atoms with Crippen molar-refractivity contribution >= 4 is 23.3 Å². The monoisotopic (exact) mass is 450 g/mol. The lowest BCUT2D eigenvalue weighted by Gasteiger charge is -2.20. The molecule has 0 aliphatic rings. The topological polar surface area (TPSA) is 125 Å². The van der Waals surface area contributed by atoms with Gasteiger partial charge in [0.2, 0.25) is 5.91 Å². The highest BCUT2D eigenvalue weighted by atomic mass is 16.3. The molecule has 5 N–H and O–H groups in total. The Morgan fingerprint density at radius 3 is 2.03 bits per heavy atom. The minimum absolute atomic E-state index is 0.0762. The molecular weight excluding hydrogens is 420 g/mol. The maximum Gasteiger partial charge on any atom is 0.251 e. The van der Waals surface area contributed by atoms with Crippen molar-refractivity contribution in [2.45, 2.75) is 25.9 Å². The van der Waals surface area contributed by atoms with Crippen molar-refractivity contribution < 1.29 is 19.5 Å². The van der Waals surface area contributed by atoms with Gasteiger partial charge in [-0.3, -0.25) is 19.3 Å². The molecule has 0 saturated carbocycles. The first-order valence-electron chi connectivity index (χ1n) is 10.6. The van der Waals surface area contributed by atoms with Gasteiger partial charge in [0.15, 0.2) is 5.78 Å². The molecule has 2 aromatic carbocycles. The number of nitrogens with zero attached hydrogens (tertiary/aromatic N) is 1. The zero-order valence-corrected chi connectivity index (χ0v) is 19.1. The second-order valence-electron chi connectivity index (χ2n) is 7.85. The predicted octanol–water partition coefficient (Wildman–Crippen LogP) is 0.984. The molecule has 0 aliphatic heterocycles. The summed E-state index contributed by atoms with van der Waals surface area (Å²) in [6.45, 7) is 3.60. The number of likely N-dealkylation sites (N-methyl/N-ethyl adjacent to an activating group) is 1.